The predicted octanol–water partition coefficient (Wildman–Crippen LogP) is 5.29. The van der Waals surface area contributed by atoms with Crippen LogP contribution in [0.5, 0.6) is 11.5 Å². The molecule has 1 aromatic rings. The fourth-order valence-corrected chi connectivity index (χ4v) is 5.31. The monoisotopic (exact) mass is 358 g/mol. The molecule has 3 rings (SSSR count). The van der Waals surface area contributed by atoms with Crippen LogP contribution in [0.3, 0.4) is 0 Å². The van der Waals surface area contributed by atoms with Gasteiger partial charge in [0.15, 0.2) is 11.5 Å². The van der Waals surface area contributed by atoms with Crippen LogP contribution in [0.4, 0.5) is 0 Å². The van der Waals surface area contributed by atoms with Gasteiger partial charge in [0.05, 0.1) is 14.2 Å². The summed E-state index contributed by atoms with van der Waals surface area (Å²) in [6.07, 6.45) is 5.03. The molecule has 1 aromatic carbocycles. The number of nitrogens with zero attached hydrogens (tertiary/aromatic N) is 1. The Kier molecular flexibility index (Phi) is 6.17. The summed E-state index contributed by atoms with van der Waals surface area (Å²) in [7, 11) is 3.47. The van der Waals surface area contributed by atoms with E-state index < -0.39 is 0 Å². The lowest BCUT2D eigenvalue weighted by Crippen LogP contribution is -2.47. The van der Waals surface area contributed by atoms with Gasteiger partial charge in [0, 0.05) is 19.1 Å². The molecule has 0 N–H and O–H groups in total. The third-order valence-corrected chi connectivity index (χ3v) is 6.08. The molecule has 3 atom stereocenters. The van der Waals surface area contributed by atoms with E-state index in [4.69, 9.17) is 9.47 Å². The van der Waals surface area contributed by atoms with Gasteiger partial charge in [-0.05, 0) is 72.6 Å². The quantitative estimate of drug-likeness (QED) is 0.690. The van der Waals surface area contributed by atoms with E-state index in [0.29, 0.717) is 12.0 Å². The van der Waals surface area contributed by atoms with Crippen molar-refractivity contribution in [2.75, 3.05) is 27.3 Å². The second-order valence-electron chi connectivity index (χ2n) is 9.00. The smallest absolute Gasteiger partial charge is 0.161 e. The van der Waals surface area contributed by atoms with Crippen molar-refractivity contribution >= 4 is 0 Å². The second-order valence-corrected chi connectivity index (χ2v) is 9.00. The highest BCUT2D eigenvalue weighted by molar-refractivity contribution is 5.49. The molecule has 1 saturated heterocycles. The molecule has 0 aromatic heterocycles. The number of rotatable bonds is 6. The van der Waals surface area contributed by atoms with Crippen LogP contribution in [0.1, 0.15) is 64.1 Å². The van der Waals surface area contributed by atoms with Gasteiger partial charge in [0.1, 0.15) is 0 Å². The highest BCUT2D eigenvalue weighted by Gasteiger charge is 2.40. The number of methoxy groups -OCH3 is 2. The third-order valence-electron chi connectivity index (χ3n) is 6.08. The first-order valence-electron chi connectivity index (χ1n) is 10.2. The first kappa shape index (κ1) is 19.5. The van der Waals surface area contributed by atoms with Gasteiger partial charge in [0.25, 0.3) is 0 Å². The maximum absolute atomic E-state index is 5.62. The lowest BCUT2D eigenvalue weighted by Gasteiger charge is -2.49. The number of benzene rings is 1. The van der Waals surface area contributed by atoms with E-state index in [-0.39, 0.29) is 0 Å². The second kappa shape index (κ2) is 8.21. The molecular weight excluding hydrogens is 322 g/mol. The zero-order valence-corrected chi connectivity index (χ0v) is 17.5. The van der Waals surface area contributed by atoms with Crippen LogP contribution in [-0.2, 0) is 6.42 Å². The molecule has 0 spiro atoms. The SMILES string of the molecule is COc1cc2c(cc1OC)[C@H]1C(C[C](C)C)C[C@@H](CC(C)C)CN1CC2. The summed E-state index contributed by atoms with van der Waals surface area (Å²) in [6.45, 7) is 11.7. The molecule has 1 unspecified atom stereocenters. The Hall–Kier alpha value is -1.22. The summed E-state index contributed by atoms with van der Waals surface area (Å²) in [5.74, 6) is 5.60. The Morgan fingerprint density at radius 2 is 1.85 bits per heavy atom. The van der Waals surface area contributed by atoms with E-state index in [2.05, 4.69) is 44.7 Å². The van der Waals surface area contributed by atoms with Crippen molar-refractivity contribution in [3.05, 3.63) is 29.2 Å². The van der Waals surface area contributed by atoms with Gasteiger partial charge in [-0.15, -0.1) is 0 Å². The van der Waals surface area contributed by atoms with E-state index in [0.717, 1.165) is 29.8 Å². The minimum atomic E-state index is 0.525. The molecule has 2 heterocycles. The Morgan fingerprint density at radius 3 is 2.46 bits per heavy atom. The summed E-state index contributed by atoms with van der Waals surface area (Å²) < 4.78 is 11.2. The Bertz CT molecular complexity index is 610. The molecule has 26 heavy (non-hydrogen) atoms. The van der Waals surface area contributed by atoms with Crippen molar-refractivity contribution < 1.29 is 9.47 Å². The topological polar surface area (TPSA) is 21.7 Å². The molecule has 1 radical (unpaired) electrons. The predicted molar refractivity (Wildman–Crippen MR) is 108 cm³/mol. The third kappa shape index (κ3) is 4.03. The summed E-state index contributed by atoms with van der Waals surface area (Å²) in [5.41, 5.74) is 2.92. The normalized spacial score (nSPS) is 25.9. The maximum Gasteiger partial charge on any atom is 0.161 e. The maximum atomic E-state index is 5.62. The van der Waals surface area contributed by atoms with E-state index >= 15 is 0 Å². The van der Waals surface area contributed by atoms with Crippen molar-refractivity contribution in [3.63, 3.8) is 0 Å². The van der Waals surface area contributed by atoms with Crippen LogP contribution in [-0.4, -0.2) is 32.2 Å². The van der Waals surface area contributed by atoms with Gasteiger partial charge in [-0.25, -0.2) is 0 Å². The fraction of sp³-hybridized carbons (Fsp3) is 0.696. The van der Waals surface area contributed by atoms with Crippen molar-refractivity contribution in [1.29, 1.82) is 0 Å². The van der Waals surface area contributed by atoms with E-state index in [1.165, 1.54) is 43.5 Å². The highest BCUT2D eigenvalue weighted by Crippen LogP contribution is 2.48. The minimum absolute atomic E-state index is 0.525. The number of piperidine rings is 1. The van der Waals surface area contributed by atoms with Gasteiger partial charge in [-0.1, -0.05) is 27.7 Å². The molecule has 1 fully saturated rings. The summed E-state index contributed by atoms with van der Waals surface area (Å²) in [5, 5.41) is 0. The van der Waals surface area contributed by atoms with Crippen LogP contribution in [0, 0.1) is 23.7 Å². The molecule has 2 aliphatic heterocycles. The van der Waals surface area contributed by atoms with Crippen molar-refractivity contribution in [2.45, 2.75) is 59.4 Å². The molecule has 3 nitrogen and oxygen atoms in total. The Balaban J connectivity index is 1.95. The number of ether oxygens (including phenoxy) is 2. The molecular formula is C23H36NO2. The zero-order chi connectivity index (χ0) is 18.8. The van der Waals surface area contributed by atoms with Gasteiger partial charge >= 0.3 is 0 Å². The van der Waals surface area contributed by atoms with Gasteiger partial charge in [-0.2, -0.15) is 0 Å². The summed E-state index contributed by atoms with van der Waals surface area (Å²) >= 11 is 0. The molecule has 0 bridgehead atoms. The van der Waals surface area contributed by atoms with Crippen LogP contribution in [0.2, 0.25) is 0 Å². The van der Waals surface area contributed by atoms with E-state index in [9.17, 15) is 0 Å². The molecule has 0 aliphatic carbocycles. The lowest BCUT2D eigenvalue weighted by molar-refractivity contribution is 0.0372. The zero-order valence-electron chi connectivity index (χ0n) is 17.5. The first-order chi connectivity index (χ1) is 12.4. The van der Waals surface area contributed by atoms with Crippen LogP contribution >= 0.6 is 0 Å². The van der Waals surface area contributed by atoms with Gasteiger partial charge in [-0.3, -0.25) is 4.90 Å². The van der Waals surface area contributed by atoms with E-state index in [1.807, 2.05) is 0 Å². The van der Waals surface area contributed by atoms with Gasteiger partial charge in [0.2, 0.25) is 0 Å². The van der Waals surface area contributed by atoms with Crippen LogP contribution in [0.15, 0.2) is 12.1 Å². The van der Waals surface area contributed by atoms with Crippen LogP contribution in [0.25, 0.3) is 0 Å². The summed E-state index contributed by atoms with van der Waals surface area (Å²) in [4.78, 5) is 2.76. The van der Waals surface area contributed by atoms with Crippen LogP contribution < -0.4 is 9.47 Å². The fourth-order valence-electron chi connectivity index (χ4n) is 5.31. The van der Waals surface area contributed by atoms with E-state index in [1.54, 1.807) is 20.1 Å². The van der Waals surface area contributed by atoms with Crippen molar-refractivity contribution in [2.24, 2.45) is 17.8 Å². The molecule has 0 saturated carbocycles. The minimum Gasteiger partial charge on any atom is -0.493 e. The highest BCUT2D eigenvalue weighted by atomic mass is 16.5. The van der Waals surface area contributed by atoms with Crippen molar-refractivity contribution in [3.8, 4) is 11.5 Å². The molecule has 0 amide bonds. The number of hydrogen-bond donors (Lipinski definition) is 0. The average molecular weight is 359 g/mol. The van der Waals surface area contributed by atoms with Crippen molar-refractivity contribution in [1.82, 2.24) is 4.90 Å². The standard InChI is InChI=1S/C23H36NO2/c1-15(2)9-17-11-19(10-16(3)4)23-20-13-22(26-6)21(25-5)12-18(20)7-8-24(23)14-17/h12-13,15,17,19,23H,7-11,14H2,1-6H3/t17-,19?,23-/m1/s1. The Morgan fingerprint density at radius 1 is 1.15 bits per heavy atom. The lowest BCUT2D eigenvalue weighted by atomic mass is 9.72. The first-order valence-corrected chi connectivity index (χ1v) is 10.2. The summed E-state index contributed by atoms with van der Waals surface area (Å²) in [6, 6.07) is 4.99. The molecule has 145 valence electrons. The largest absolute Gasteiger partial charge is 0.493 e. The molecule has 2 aliphatic rings. The average Bonchev–Trinajstić information content (AvgIpc) is 2.58. The molecule has 3 heteroatoms. The number of fused-ring (bicyclic) bond motifs is 3. The Labute approximate surface area is 160 Å². The number of hydrogen-bond acceptors (Lipinski definition) is 3. The van der Waals surface area contributed by atoms with Gasteiger partial charge < -0.3 is 9.47 Å².